The van der Waals surface area contributed by atoms with E-state index in [4.69, 9.17) is 9.47 Å². The quantitative estimate of drug-likeness (QED) is 0.684. The first-order valence-electron chi connectivity index (χ1n) is 6.83. The van der Waals surface area contributed by atoms with Crippen LogP contribution in [0.5, 0.6) is 5.75 Å². The van der Waals surface area contributed by atoms with Crippen molar-refractivity contribution >= 4 is 21.7 Å². The first-order valence-corrected chi connectivity index (χ1v) is 8.44. The lowest BCUT2D eigenvalue weighted by molar-refractivity contribution is -0.141. The molecular formula is C14H21NO5S. The van der Waals surface area contributed by atoms with E-state index in [1.807, 2.05) is 6.92 Å². The van der Waals surface area contributed by atoms with Gasteiger partial charge < -0.3 is 9.47 Å². The Labute approximate surface area is 125 Å². The van der Waals surface area contributed by atoms with E-state index in [0.29, 0.717) is 18.0 Å². The minimum atomic E-state index is -3.56. The zero-order chi connectivity index (χ0) is 15.9. The standard InChI is InChI=1S/C14H21NO5S/c1-4-19-13-9-7-12(8-10-13)15(21(17,18)6-3)11-14(16)20-5-2/h7-10H,4-6,11H2,1-3H3. The molecule has 0 aliphatic carbocycles. The summed E-state index contributed by atoms with van der Waals surface area (Å²) < 4.78 is 35.5. The first-order chi connectivity index (χ1) is 9.94. The molecule has 0 fully saturated rings. The molecule has 0 N–H and O–H groups in total. The van der Waals surface area contributed by atoms with Crippen LogP contribution >= 0.6 is 0 Å². The number of hydrogen-bond acceptors (Lipinski definition) is 5. The van der Waals surface area contributed by atoms with Gasteiger partial charge in [0.05, 0.1) is 24.7 Å². The largest absolute Gasteiger partial charge is 0.494 e. The van der Waals surface area contributed by atoms with Crippen molar-refractivity contribution < 1.29 is 22.7 Å². The summed E-state index contributed by atoms with van der Waals surface area (Å²) in [6, 6.07) is 6.55. The number of carbonyl (C=O) groups is 1. The fraction of sp³-hybridized carbons (Fsp3) is 0.500. The van der Waals surface area contributed by atoms with Crippen LogP contribution in [0.4, 0.5) is 5.69 Å². The molecule has 6 nitrogen and oxygen atoms in total. The third-order valence-electron chi connectivity index (χ3n) is 2.71. The molecule has 118 valence electrons. The van der Waals surface area contributed by atoms with Crippen LogP contribution in [0.1, 0.15) is 20.8 Å². The van der Waals surface area contributed by atoms with E-state index in [9.17, 15) is 13.2 Å². The molecule has 1 aromatic carbocycles. The zero-order valence-corrected chi connectivity index (χ0v) is 13.4. The SMILES string of the molecule is CCOC(=O)CN(c1ccc(OCC)cc1)S(=O)(=O)CC. The third kappa shape index (κ3) is 4.93. The van der Waals surface area contributed by atoms with Crippen molar-refractivity contribution in [1.82, 2.24) is 0 Å². The molecule has 0 saturated carbocycles. The Kier molecular flexibility index (Phi) is 6.48. The molecule has 0 spiro atoms. The summed E-state index contributed by atoms with van der Waals surface area (Å²) in [5.41, 5.74) is 0.411. The third-order valence-corrected chi connectivity index (χ3v) is 4.46. The minimum absolute atomic E-state index is 0.0976. The number of hydrogen-bond donors (Lipinski definition) is 0. The van der Waals surface area contributed by atoms with Crippen molar-refractivity contribution in [2.24, 2.45) is 0 Å². The molecule has 1 rings (SSSR count). The minimum Gasteiger partial charge on any atom is -0.494 e. The normalized spacial score (nSPS) is 11.0. The fourth-order valence-corrected chi connectivity index (χ4v) is 2.76. The second kappa shape index (κ2) is 7.87. The van der Waals surface area contributed by atoms with Gasteiger partial charge in [0, 0.05) is 0 Å². The Bertz CT molecular complexity index is 553. The second-order valence-electron chi connectivity index (χ2n) is 4.14. The molecule has 1 aromatic rings. The van der Waals surface area contributed by atoms with Gasteiger partial charge in [0.1, 0.15) is 12.3 Å². The summed E-state index contributed by atoms with van der Waals surface area (Å²) in [6.45, 7) is 5.47. The zero-order valence-electron chi connectivity index (χ0n) is 12.5. The molecule has 21 heavy (non-hydrogen) atoms. The van der Waals surface area contributed by atoms with Gasteiger partial charge in [0.2, 0.25) is 10.0 Å². The highest BCUT2D eigenvalue weighted by Gasteiger charge is 2.24. The van der Waals surface area contributed by atoms with Gasteiger partial charge >= 0.3 is 5.97 Å². The molecular weight excluding hydrogens is 294 g/mol. The highest BCUT2D eigenvalue weighted by molar-refractivity contribution is 7.92. The average molecular weight is 315 g/mol. The molecule has 0 aliphatic rings. The van der Waals surface area contributed by atoms with E-state index in [0.717, 1.165) is 4.31 Å². The van der Waals surface area contributed by atoms with E-state index in [1.54, 1.807) is 31.2 Å². The van der Waals surface area contributed by atoms with E-state index < -0.39 is 16.0 Å². The van der Waals surface area contributed by atoms with Gasteiger partial charge in [0.25, 0.3) is 0 Å². The molecule has 0 amide bonds. The number of benzene rings is 1. The van der Waals surface area contributed by atoms with Crippen LogP contribution in [0.2, 0.25) is 0 Å². The average Bonchev–Trinajstić information content (AvgIpc) is 2.46. The first kappa shape index (κ1) is 17.3. The van der Waals surface area contributed by atoms with Crippen molar-refractivity contribution in [1.29, 1.82) is 0 Å². The van der Waals surface area contributed by atoms with Crippen LogP contribution < -0.4 is 9.04 Å². The number of carbonyl (C=O) groups excluding carboxylic acids is 1. The number of sulfonamides is 1. The van der Waals surface area contributed by atoms with Crippen LogP contribution in [0, 0.1) is 0 Å². The van der Waals surface area contributed by atoms with E-state index in [2.05, 4.69) is 0 Å². The van der Waals surface area contributed by atoms with E-state index in [-0.39, 0.29) is 18.9 Å². The van der Waals surface area contributed by atoms with Gasteiger partial charge in [0.15, 0.2) is 0 Å². The van der Waals surface area contributed by atoms with Crippen LogP contribution in [0.3, 0.4) is 0 Å². The Morgan fingerprint density at radius 3 is 2.19 bits per heavy atom. The van der Waals surface area contributed by atoms with E-state index in [1.165, 1.54) is 6.92 Å². The summed E-state index contributed by atoms with van der Waals surface area (Å²) >= 11 is 0. The Balaban J connectivity index is 3.03. The molecule has 0 bridgehead atoms. The van der Waals surface area contributed by atoms with Gasteiger partial charge in [-0.2, -0.15) is 0 Å². The lowest BCUT2D eigenvalue weighted by Gasteiger charge is -2.23. The summed E-state index contributed by atoms with van der Waals surface area (Å²) in [6.07, 6.45) is 0. The number of rotatable bonds is 8. The van der Waals surface area contributed by atoms with Gasteiger partial charge in [-0.1, -0.05) is 0 Å². The van der Waals surface area contributed by atoms with Crippen LogP contribution in [-0.4, -0.2) is 39.9 Å². The predicted molar refractivity (Wildman–Crippen MR) is 81.1 cm³/mol. The van der Waals surface area contributed by atoms with Crippen LogP contribution in [0.25, 0.3) is 0 Å². The van der Waals surface area contributed by atoms with E-state index >= 15 is 0 Å². The summed E-state index contributed by atoms with van der Waals surface area (Å²) in [4.78, 5) is 11.6. The number of anilines is 1. The number of esters is 1. The van der Waals surface area contributed by atoms with Crippen LogP contribution in [0.15, 0.2) is 24.3 Å². The topological polar surface area (TPSA) is 72.9 Å². The van der Waals surface area contributed by atoms with Gasteiger partial charge in [-0.15, -0.1) is 0 Å². The van der Waals surface area contributed by atoms with Gasteiger partial charge in [-0.05, 0) is 45.0 Å². The second-order valence-corrected chi connectivity index (χ2v) is 6.32. The molecule has 0 atom stereocenters. The maximum absolute atomic E-state index is 12.1. The maximum Gasteiger partial charge on any atom is 0.326 e. The van der Waals surface area contributed by atoms with Crippen molar-refractivity contribution in [3.05, 3.63) is 24.3 Å². The molecule has 7 heteroatoms. The molecule has 0 aromatic heterocycles. The Morgan fingerprint density at radius 2 is 1.71 bits per heavy atom. The summed E-state index contributed by atoms with van der Waals surface area (Å²) in [7, 11) is -3.56. The van der Waals surface area contributed by atoms with Crippen LogP contribution in [-0.2, 0) is 19.6 Å². The molecule has 0 saturated heterocycles. The highest BCUT2D eigenvalue weighted by atomic mass is 32.2. The Hall–Kier alpha value is -1.76. The number of ether oxygens (including phenoxy) is 2. The molecule has 0 aliphatic heterocycles. The smallest absolute Gasteiger partial charge is 0.326 e. The molecule has 0 heterocycles. The molecule has 0 unspecified atom stereocenters. The van der Waals surface area contributed by atoms with Crippen molar-refractivity contribution in [2.45, 2.75) is 20.8 Å². The number of nitrogens with zero attached hydrogens (tertiary/aromatic N) is 1. The summed E-state index contributed by atoms with van der Waals surface area (Å²) in [5, 5.41) is 0. The highest BCUT2D eigenvalue weighted by Crippen LogP contribution is 2.22. The monoisotopic (exact) mass is 315 g/mol. The van der Waals surface area contributed by atoms with Crippen molar-refractivity contribution in [3.8, 4) is 5.75 Å². The summed E-state index contributed by atoms with van der Waals surface area (Å²) in [5.74, 6) is -0.0331. The van der Waals surface area contributed by atoms with Gasteiger partial charge in [-0.3, -0.25) is 9.10 Å². The Morgan fingerprint density at radius 1 is 1.10 bits per heavy atom. The fourth-order valence-electron chi connectivity index (χ4n) is 1.71. The van der Waals surface area contributed by atoms with Gasteiger partial charge in [-0.25, -0.2) is 8.42 Å². The maximum atomic E-state index is 12.1. The van der Waals surface area contributed by atoms with Crippen molar-refractivity contribution in [2.75, 3.05) is 29.8 Å². The lowest BCUT2D eigenvalue weighted by Crippen LogP contribution is -2.37. The predicted octanol–water partition coefficient (Wildman–Crippen LogP) is 1.80. The lowest BCUT2D eigenvalue weighted by atomic mass is 10.3. The molecule has 0 radical (unpaired) electrons. The van der Waals surface area contributed by atoms with Crippen molar-refractivity contribution in [3.63, 3.8) is 0 Å².